The third-order valence-electron chi connectivity index (χ3n) is 5.70. The Balaban J connectivity index is 1.66. The summed E-state index contributed by atoms with van der Waals surface area (Å²) in [6.45, 7) is 1.61. The van der Waals surface area contributed by atoms with Gasteiger partial charge in [0, 0.05) is 6.42 Å². The van der Waals surface area contributed by atoms with Gasteiger partial charge < -0.3 is 0 Å². The summed E-state index contributed by atoms with van der Waals surface area (Å²) in [6.07, 6.45) is 8.59. The Bertz CT molecular complexity index is 353. The van der Waals surface area contributed by atoms with Gasteiger partial charge in [0.1, 0.15) is 5.78 Å². The molecule has 4 bridgehead atoms. The van der Waals surface area contributed by atoms with Gasteiger partial charge in [0.25, 0.3) is 0 Å². The molecule has 2 nitrogen and oxygen atoms in total. The van der Waals surface area contributed by atoms with E-state index in [1.807, 2.05) is 0 Å². The molecule has 98 valence electrons. The highest BCUT2D eigenvalue weighted by Crippen LogP contribution is 2.57. The lowest BCUT2D eigenvalue weighted by atomic mass is 9.51. The molecule has 0 amide bonds. The molecule has 0 radical (unpaired) electrons. The second kappa shape index (κ2) is 4.68. The first-order valence-corrected chi connectivity index (χ1v) is 7.54. The van der Waals surface area contributed by atoms with Crippen LogP contribution in [0.25, 0.3) is 0 Å². The highest BCUT2D eigenvalue weighted by Gasteiger charge is 2.48. The third kappa shape index (κ3) is 2.20. The van der Waals surface area contributed by atoms with Crippen LogP contribution in [0.2, 0.25) is 0 Å². The molecule has 0 aromatic heterocycles. The smallest absolute Gasteiger partial charge is 0.131 e. The maximum atomic E-state index is 11.2. The van der Waals surface area contributed by atoms with Crippen molar-refractivity contribution in [3.8, 4) is 6.07 Å². The minimum absolute atomic E-state index is 0.0231. The van der Waals surface area contributed by atoms with Crippen molar-refractivity contribution in [2.45, 2.75) is 51.9 Å². The molecule has 18 heavy (non-hydrogen) atoms. The number of nitriles is 1. The normalized spacial score (nSPS) is 42.6. The molecule has 0 aliphatic heterocycles. The highest BCUT2D eigenvalue weighted by molar-refractivity contribution is 5.76. The predicted octanol–water partition coefficient (Wildman–Crippen LogP) is 3.57. The van der Waals surface area contributed by atoms with Crippen molar-refractivity contribution in [2.75, 3.05) is 0 Å². The zero-order valence-corrected chi connectivity index (χ0v) is 11.3. The number of hydrogen-bond acceptors (Lipinski definition) is 2. The fourth-order valence-electron chi connectivity index (χ4n) is 5.28. The summed E-state index contributed by atoms with van der Waals surface area (Å²) in [6, 6.07) is 2.37. The molecule has 4 saturated carbocycles. The molecule has 4 aliphatic rings. The van der Waals surface area contributed by atoms with E-state index in [0.29, 0.717) is 6.42 Å². The van der Waals surface area contributed by atoms with Gasteiger partial charge in [-0.2, -0.15) is 5.26 Å². The molecule has 1 unspecified atom stereocenters. The number of Topliss-reactive ketones (excluding diaryl/α,β-unsaturated/α-hetero) is 1. The summed E-state index contributed by atoms with van der Waals surface area (Å²) < 4.78 is 0. The van der Waals surface area contributed by atoms with E-state index in [4.69, 9.17) is 0 Å². The predicted molar refractivity (Wildman–Crippen MR) is 69.6 cm³/mol. The minimum Gasteiger partial charge on any atom is -0.300 e. The first kappa shape index (κ1) is 12.2. The summed E-state index contributed by atoms with van der Waals surface area (Å²) in [4.78, 5) is 11.2. The van der Waals surface area contributed by atoms with Gasteiger partial charge in [-0.05, 0) is 75.0 Å². The van der Waals surface area contributed by atoms with E-state index in [9.17, 15) is 10.1 Å². The minimum atomic E-state index is -0.0231. The van der Waals surface area contributed by atoms with Gasteiger partial charge in [-0.25, -0.2) is 0 Å². The quantitative estimate of drug-likeness (QED) is 0.759. The molecule has 0 spiro atoms. The van der Waals surface area contributed by atoms with E-state index in [0.717, 1.165) is 36.0 Å². The van der Waals surface area contributed by atoms with E-state index in [-0.39, 0.29) is 11.7 Å². The fraction of sp³-hybridized carbons (Fsp3) is 0.875. The number of ketones is 1. The fourth-order valence-corrected chi connectivity index (χ4v) is 5.28. The molecule has 1 atom stereocenters. The molecular formula is C16H23NO. The molecule has 0 saturated heterocycles. The van der Waals surface area contributed by atoms with Crippen molar-refractivity contribution in [1.82, 2.24) is 0 Å². The van der Waals surface area contributed by atoms with Crippen LogP contribution in [0.4, 0.5) is 0 Å². The summed E-state index contributed by atoms with van der Waals surface area (Å²) in [5, 5.41) is 9.23. The molecule has 0 aromatic rings. The Morgan fingerprint density at radius 1 is 1.17 bits per heavy atom. The lowest BCUT2D eigenvalue weighted by Crippen LogP contribution is -2.45. The van der Waals surface area contributed by atoms with Gasteiger partial charge >= 0.3 is 0 Å². The SMILES string of the molecule is CC(=O)CC(C#N)CC1C2CC3CC(C2)CC1C3. The van der Waals surface area contributed by atoms with Crippen LogP contribution in [0.3, 0.4) is 0 Å². The standard InChI is InChI=1S/C16H23NO/c1-10(18)2-13(9-17)8-16-14-4-11-3-12(6-14)7-15(16)5-11/h11-16H,2-8H2,1H3. The van der Waals surface area contributed by atoms with Crippen LogP contribution >= 0.6 is 0 Å². The van der Waals surface area contributed by atoms with Crippen LogP contribution in [0.1, 0.15) is 51.9 Å². The third-order valence-corrected chi connectivity index (χ3v) is 5.70. The maximum absolute atomic E-state index is 11.2. The van der Waals surface area contributed by atoms with E-state index in [2.05, 4.69) is 6.07 Å². The average molecular weight is 245 g/mol. The summed E-state index contributed by atoms with van der Waals surface area (Å²) in [7, 11) is 0. The lowest BCUT2D eigenvalue weighted by Gasteiger charge is -2.55. The summed E-state index contributed by atoms with van der Waals surface area (Å²) in [5.41, 5.74) is 0. The van der Waals surface area contributed by atoms with E-state index in [1.54, 1.807) is 6.92 Å². The Kier molecular flexibility index (Phi) is 3.18. The summed E-state index contributed by atoms with van der Waals surface area (Å²) >= 11 is 0. The lowest BCUT2D eigenvalue weighted by molar-refractivity contribution is -0.118. The molecule has 4 aliphatic carbocycles. The molecule has 2 heteroatoms. The van der Waals surface area contributed by atoms with Gasteiger partial charge in [-0.15, -0.1) is 0 Å². The second-order valence-electron chi connectivity index (χ2n) is 7.06. The topological polar surface area (TPSA) is 40.9 Å². The van der Waals surface area contributed by atoms with Crippen molar-refractivity contribution in [3.05, 3.63) is 0 Å². The number of nitrogens with zero attached hydrogens (tertiary/aromatic N) is 1. The van der Waals surface area contributed by atoms with Gasteiger partial charge in [-0.3, -0.25) is 4.79 Å². The number of carbonyl (C=O) groups excluding carboxylic acids is 1. The van der Waals surface area contributed by atoms with E-state index < -0.39 is 0 Å². The number of hydrogen-bond donors (Lipinski definition) is 0. The highest BCUT2D eigenvalue weighted by atomic mass is 16.1. The zero-order chi connectivity index (χ0) is 12.7. The molecule has 0 heterocycles. The van der Waals surface area contributed by atoms with Crippen LogP contribution in [-0.2, 0) is 4.79 Å². The van der Waals surface area contributed by atoms with Crippen LogP contribution in [-0.4, -0.2) is 5.78 Å². The van der Waals surface area contributed by atoms with Crippen LogP contribution < -0.4 is 0 Å². The van der Waals surface area contributed by atoms with Crippen LogP contribution in [0, 0.1) is 46.8 Å². The number of carbonyl (C=O) groups is 1. The van der Waals surface area contributed by atoms with Gasteiger partial charge in [0.05, 0.1) is 12.0 Å². The Labute approximate surface area is 110 Å². The molecule has 0 N–H and O–H groups in total. The molecule has 4 rings (SSSR count). The first-order chi connectivity index (χ1) is 8.65. The van der Waals surface area contributed by atoms with Crippen molar-refractivity contribution < 1.29 is 4.79 Å². The summed E-state index contributed by atoms with van der Waals surface area (Å²) in [5.74, 6) is 4.65. The van der Waals surface area contributed by atoms with Crippen LogP contribution in [0.5, 0.6) is 0 Å². The van der Waals surface area contributed by atoms with Crippen molar-refractivity contribution in [2.24, 2.45) is 35.5 Å². The zero-order valence-electron chi connectivity index (χ0n) is 11.3. The maximum Gasteiger partial charge on any atom is 0.131 e. The van der Waals surface area contributed by atoms with Crippen molar-refractivity contribution in [3.63, 3.8) is 0 Å². The van der Waals surface area contributed by atoms with E-state index in [1.165, 1.54) is 32.1 Å². The molecule has 0 aromatic carbocycles. The Morgan fingerprint density at radius 2 is 1.72 bits per heavy atom. The van der Waals surface area contributed by atoms with Gasteiger partial charge in [0.2, 0.25) is 0 Å². The van der Waals surface area contributed by atoms with Crippen molar-refractivity contribution in [1.29, 1.82) is 5.26 Å². The van der Waals surface area contributed by atoms with E-state index >= 15 is 0 Å². The Hall–Kier alpha value is -0.840. The average Bonchev–Trinajstić information content (AvgIpc) is 2.30. The van der Waals surface area contributed by atoms with Gasteiger partial charge in [0.15, 0.2) is 0 Å². The second-order valence-corrected chi connectivity index (χ2v) is 7.06. The first-order valence-electron chi connectivity index (χ1n) is 7.54. The van der Waals surface area contributed by atoms with Gasteiger partial charge in [-0.1, -0.05) is 0 Å². The Morgan fingerprint density at radius 3 is 2.17 bits per heavy atom. The largest absolute Gasteiger partial charge is 0.300 e. The molecule has 4 fully saturated rings. The monoisotopic (exact) mass is 245 g/mol. The molecular weight excluding hydrogens is 222 g/mol. The number of rotatable bonds is 4. The van der Waals surface area contributed by atoms with Crippen molar-refractivity contribution >= 4 is 5.78 Å². The van der Waals surface area contributed by atoms with Crippen LogP contribution in [0.15, 0.2) is 0 Å².